The van der Waals surface area contributed by atoms with Crippen LogP contribution in [0.15, 0.2) is 77.3 Å². The number of benzene rings is 1. The maximum Gasteiger partial charge on any atom is 0.267 e. The molecule has 0 aliphatic carbocycles. The normalized spacial score (nSPS) is 11.9. The summed E-state index contributed by atoms with van der Waals surface area (Å²) in [6, 6.07) is 14.4. The number of carbonyl (C=O) groups excluding carboxylic acids is 1. The fourth-order valence-electron chi connectivity index (χ4n) is 4.60. The summed E-state index contributed by atoms with van der Waals surface area (Å²) in [7, 11) is 1.82. The Bertz CT molecular complexity index is 1990. The van der Waals surface area contributed by atoms with Crippen molar-refractivity contribution in [2.75, 3.05) is 0 Å². The van der Waals surface area contributed by atoms with Crippen molar-refractivity contribution < 1.29 is 4.79 Å². The summed E-state index contributed by atoms with van der Waals surface area (Å²) in [5.41, 5.74) is 4.48. The Labute approximate surface area is 227 Å². The van der Waals surface area contributed by atoms with Crippen molar-refractivity contribution in [3.05, 3.63) is 111 Å². The van der Waals surface area contributed by atoms with Gasteiger partial charge in [0.25, 0.3) is 11.5 Å². The smallest absolute Gasteiger partial charge is 0.267 e. The highest BCUT2D eigenvalue weighted by atomic mass is 32.1. The lowest BCUT2D eigenvalue weighted by Gasteiger charge is -2.17. The number of hydrogen-bond acceptors (Lipinski definition) is 6. The Morgan fingerprint density at radius 1 is 1.10 bits per heavy atom. The molecule has 0 fully saturated rings. The van der Waals surface area contributed by atoms with Gasteiger partial charge in [0.1, 0.15) is 5.69 Å². The monoisotopic (exact) mass is 533 g/mol. The van der Waals surface area contributed by atoms with Gasteiger partial charge >= 0.3 is 0 Å². The molecule has 1 atom stereocenters. The van der Waals surface area contributed by atoms with E-state index in [1.165, 1.54) is 15.7 Å². The molecule has 192 valence electrons. The number of aromatic nitrogens is 6. The molecule has 0 saturated heterocycles. The second-order valence-electron chi connectivity index (χ2n) is 9.12. The fraction of sp³-hybridized carbons (Fsp3) is 0.138. The van der Waals surface area contributed by atoms with Crippen molar-refractivity contribution in [2.45, 2.75) is 19.9 Å². The minimum absolute atomic E-state index is 0.244. The first-order valence-electron chi connectivity index (χ1n) is 12.3. The van der Waals surface area contributed by atoms with Gasteiger partial charge < -0.3 is 5.32 Å². The van der Waals surface area contributed by atoms with Gasteiger partial charge in [0.15, 0.2) is 4.96 Å². The van der Waals surface area contributed by atoms with Crippen LogP contribution >= 0.6 is 11.3 Å². The minimum atomic E-state index is -0.560. The van der Waals surface area contributed by atoms with Crippen LogP contribution in [-0.4, -0.2) is 34.7 Å². The van der Waals surface area contributed by atoms with Gasteiger partial charge in [-0.3, -0.25) is 14.3 Å². The number of aryl methyl sites for hydroxylation is 2. The van der Waals surface area contributed by atoms with Crippen LogP contribution in [0.25, 0.3) is 21.6 Å². The number of nitrogens with one attached hydrogen (secondary N) is 1. The van der Waals surface area contributed by atoms with Crippen molar-refractivity contribution in [3.8, 4) is 23.0 Å². The Morgan fingerprint density at radius 2 is 1.90 bits per heavy atom. The van der Waals surface area contributed by atoms with Gasteiger partial charge in [0, 0.05) is 24.8 Å². The van der Waals surface area contributed by atoms with Gasteiger partial charge in [-0.1, -0.05) is 42.3 Å². The largest absolute Gasteiger partial charge is 0.344 e. The van der Waals surface area contributed by atoms with Crippen LogP contribution in [0.4, 0.5) is 0 Å². The number of nitrogens with zero attached hydrogens (tertiary/aromatic N) is 6. The van der Waals surface area contributed by atoms with Crippen molar-refractivity contribution in [1.82, 2.24) is 34.1 Å². The van der Waals surface area contributed by atoms with E-state index in [0.717, 1.165) is 5.56 Å². The summed E-state index contributed by atoms with van der Waals surface area (Å²) in [6.07, 6.45) is 5.29. The Balaban J connectivity index is 1.45. The average Bonchev–Trinajstić information content (AvgIpc) is 3.63. The molecule has 0 spiro atoms. The lowest BCUT2D eigenvalue weighted by Crippen LogP contribution is -2.30. The van der Waals surface area contributed by atoms with Crippen molar-refractivity contribution >= 4 is 27.7 Å². The summed E-state index contributed by atoms with van der Waals surface area (Å²) in [4.78, 5) is 32.8. The third kappa shape index (κ3) is 4.39. The number of thiazole rings is 1. The molecule has 5 heterocycles. The number of hydrogen-bond donors (Lipinski definition) is 1. The van der Waals surface area contributed by atoms with Gasteiger partial charge in [0.2, 0.25) is 0 Å². The Kier molecular flexibility index (Phi) is 6.05. The second kappa shape index (κ2) is 9.70. The number of pyridine rings is 1. The van der Waals surface area contributed by atoms with Gasteiger partial charge in [-0.2, -0.15) is 10.2 Å². The van der Waals surface area contributed by atoms with Gasteiger partial charge in [0.05, 0.1) is 45.8 Å². The molecule has 0 unspecified atom stereocenters. The summed E-state index contributed by atoms with van der Waals surface area (Å²) in [5, 5.41) is 13.5. The van der Waals surface area contributed by atoms with Crippen LogP contribution in [0, 0.1) is 18.8 Å². The lowest BCUT2D eigenvalue weighted by molar-refractivity contribution is 0.0940. The molecule has 39 heavy (non-hydrogen) atoms. The highest BCUT2D eigenvalue weighted by Gasteiger charge is 2.25. The Morgan fingerprint density at radius 3 is 2.67 bits per heavy atom. The second-order valence-corrected chi connectivity index (χ2v) is 9.96. The van der Waals surface area contributed by atoms with E-state index >= 15 is 0 Å². The first-order valence-corrected chi connectivity index (χ1v) is 13.1. The number of carbonyl (C=O) groups is 1. The zero-order chi connectivity index (χ0) is 27.1. The third-order valence-electron chi connectivity index (χ3n) is 6.40. The maximum atomic E-state index is 14.0. The molecule has 6 aromatic rings. The van der Waals surface area contributed by atoms with E-state index < -0.39 is 6.04 Å². The SMILES string of the molecule is Cc1nn2ccccc2c1C(=O)N[C@@H](C)c1nc2scc(C#Cc3cnn(C)c3)n2c(=O)c1-c1ccccc1. The molecule has 10 heteroatoms. The molecule has 0 saturated carbocycles. The van der Waals surface area contributed by atoms with E-state index in [-0.39, 0.29) is 11.5 Å². The lowest BCUT2D eigenvalue weighted by atomic mass is 10.0. The van der Waals surface area contributed by atoms with E-state index in [1.807, 2.05) is 74.1 Å². The minimum Gasteiger partial charge on any atom is -0.344 e. The molecule has 1 N–H and O–H groups in total. The van der Waals surface area contributed by atoms with Gasteiger partial charge in [-0.25, -0.2) is 13.9 Å². The summed E-state index contributed by atoms with van der Waals surface area (Å²) in [5.74, 6) is 5.88. The number of rotatable bonds is 4. The van der Waals surface area contributed by atoms with Crippen LogP contribution in [0.5, 0.6) is 0 Å². The molecule has 5 aromatic heterocycles. The molecule has 0 aliphatic rings. The summed E-state index contributed by atoms with van der Waals surface area (Å²) >= 11 is 1.33. The first kappa shape index (κ1) is 24.3. The number of amides is 1. The first-order chi connectivity index (χ1) is 18.9. The highest BCUT2D eigenvalue weighted by molar-refractivity contribution is 7.15. The van der Waals surface area contributed by atoms with Crippen molar-refractivity contribution in [1.29, 1.82) is 0 Å². The van der Waals surface area contributed by atoms with Crippen LogP contribution < -0.4 is 10.9 Å². The molecule has 1 amide bonds. The molecule has 9 nitrogen and oxygen atoms in total. The molecule has 6 rings (SSSR count). The van der Waals surface area contributed by atoms with E-state index in [0.29, 0.717) is 44.2 Å². The standard InChI is InChI=1S/C29H23N7O2S/c1-18-24(23-11-7-8-14-35(23)33-18)27(37)31-19(2)26-25(21-9-5-4-6-10-21)28(38)36-22(17-39-29(36)32-26)13-12-20-15-30-34(3)16-20/h4-11,14-17,19H,1-3H3,(H,31,37)/t19-/m0/s1. The van der Waals surface area contributed by atoms with Crippen molar-refractivity contribution in [3.63, 3.8) is 0 Å². The van der Waals surface area contributed by atoms with E-state index in [4.69, 9.17) is 4.98 Å². The van der Waals surface area contributed by atoms with Crippen LogP contribution in [0.2, 0.25) is 0 Å². The predicted molar refractivity (Wildman–Crippen MR) is 150 cm³/mol. The van der Waals surface area contributed by atoms with Gasteiger partial charge in [-0.05, 0) is 37.5 Å². The average molecular weight is 534 g/mol. The maximum absolute atomic E-state index is 14.0. The topological polar surface area (TPSA) is 98.6 Å². The van der Waals surface area contributed by atoms with Crippen molar-refractivity contribution in [2.24, 2.45) is 7.05 Å². The molecular formula is C29H23N7O2S. The zero-order valence-electron chi connectivity index (χ0n) is 21.4. The third-order valence-corrected chi connectivity index (χ3v) is 7.23. The molecular weight excluding hydrogens is 510 g/mol. The van der Waals surface area contributed by atoms with E-state index in [9.17, 15) is 9.59 Å². The Hall–Kier alpha value is -5.01. The van der Waals surface area contributed by atoms with Gasteiger partial charge in [-0.15, -0.1) is 11.3 Å². The number of fused-ring (bicyclic) bond motifs is 2. The quantitative estimate of drug-likeness (QED) is 0.346. The molecule has 0 bridgehead atoms. The molecule has 0 aliphatic heterocycles. The van der Waals surface area contributed by atoms with Crippen LogP contribution in [0.3, 0.4) is 0 Å². The zero-order valence-corrected chi connectivity index (χ0v) is 22.2. The van der Waals surface area contributed by atoms with E-state index in [1.54, 1.807) is 28.5 Å². The molecule has 1 aromatic carbocycles. The highest BCUT2D eigenvalue weighted by Crippen LogP contribution is 2.27. The van der Waals surface area contributed by atoms with E-state index in [2.05, 4.69) is 27.4 Å². The summed E-state index contributed by atoms with van der Waals surface area (Å²) in [6.45, 7) is 3.64. The summed E-state index contributed by atoms with van der Waals surface area (Å²) < 4.78 is 4.89. The predicted octanol–water partition coefficient (Wildman–Crippen LogP) is 4.00. The van der Waals surface area contributed by atoms with Crippen LogP contribution in [0.1, 0.15) is 46.0 Å². The fourth-order valence-corrected chi connectivity index (χ4v) is 5.42. The van der Waals surface area contributed by atoms with Crippen LogP contribution in [-0.2, 0) is 7.05 Å². The molecule has 0 radical (unpaired) electrons.